The zero-order chi connectivity index (χ0) is 17.8. The van der Waals surface area contributed by atoms with E-state index in [0.29, 0.717) is 11.3 Å². The SMILES string of the molecule is Cc1cccc(NC(=O)c2ccc(=O)n(Cc3ccc(F)cc3)n2)c1. The van der Waals surface area contributed by atoms with Gasteiger partial charge in [-0.15, -0.1) is 0 Å². The summed E-state index contributed by atoms with van der Waals surface area (Å²) < 4.78 is 14.2. The lowest BCUT2D eigenvalue weighted by Gasteiger charge is -2.08. The van der Waals surface area contributed by atoms with Crippen molar-refractivity contribution in [1.29, 1.82) is 0 Å². The second kappa shape index (κ2) is 7.09. The van der Waals surface area contributed by atoms with Crippen molar-refractivity contribution in [3.63, 3.8) is 0 Å². The number of carbonyl (C=O) groups is 1. The average Bonchev–Trinajstić information content (AvgIpc) is 2.59. The van der Waals surface area contributed by atoms with Gasteiger partial charge in [0.05, 0.1) is 6.54 Å². The molecule has 3 rings (SSSR count). The van der Waals surface area contributed by atoms with Crippen molar-refractivity contribution < 1.29 is 9.18 Å². The summed E-state index contributed by atoms with van der Waals surface area (Å²) in [4.78, 5) is 24.3. The molecule has 1 aromatic heterocycles. The third-order valence-electron chi connectivity index (χ3n) is 3.62. The van der Waals surface area contributed by atoms with E-state index in [1.807, 2.05) is 25.1 Å². The Labute approximate surface area is 143 Å². The van der Waals surface area contributed by atoms with Crippen LogP contribution in [0.25, 0.3) is 0 Å². The quantitative estimate of drug-likeness (QED) is 0.796. The molecule has 0 spiro atoms. The van der Waals surface area contributed by atoms with Gasteiger partial charge in [-0.05, 0) is 48.4 Å². The first-order valence-electron chi connectivity index (χ1n) is 7.72. The minimum Gasteiger partial charge on any atom is -0.321 e. The van der Waals surface area contributed by atoms with Crippen LogP contribution >= 0.6 is 0 Å². The molecule has 0 aliphatic rings. The van der Waals surface area contributed by atoms with Gasteiger partial charge in [-0.3, -0.25) is 9.59 Å². The summed E-state index contributed by atoms with van der Waals surface area (Å²) >= 11 is 0. The second-order valence-corrected chi connectivity index (χ2v) is 5.66. The van der Waals surface area contributed by atoms with Crippen molar-refractivity contribution in [2.75, 3.05) is 5.32 Å². The van der Waals surface area contributed by atoms with Crippen molar-refractivity contribution in [2.24, 2.45) is 0 Å². The van der Waals surface area contributed by atoms with E-state index in [-0.39, 0.29) is 23.6 Å². The molecule has 0 atom stereocenters. The molecule has 0 saturated heterocycles. The Morgan fingerprint density at radius 1 is 1.12 bits per heavy atom. The number of anilines is 1. The Hall–Kier alpha value is -3.28. The molecule has 0 fully saturated rings. The summed E-state index contributed by atoms with van der Waals surface area (Å²) in [6.45, 7) is 2.08. The van der Waals surface area contributed by atoms with Crippen LogP contribution in [0.1, 0.15) is 21.6 Å². The maximum Gasteiger partial charge on any atom is 0.276 e. The maximum absolute atomic E-state index is 13.0. The molecule has 1 amide bonds. The monoisotopic (exact) mass is 337 g/mol. The summed E-state index contributed by atoms with van der Waals surface area (Å²) in [7, 11) is 0. The molecule has 1 heterocycles. The first-order valence-corrected chi connectivity index (χ1v) is 7.72. The van der Waals surface area contributed by atoms with E-state index in [2.05, 4.69) is 10.4 Å². The van der Waals surface area contributed by atoms with E-state index in [4.69, 9.17) is 0 Å². The number of aryl methyl sites for hydroxylation is 1. The highest BCUT2D eigenvalue weighted by Crippen LogP contribution is 2.10. The second-order valence-electron chi connectivity index (χ2n) is 5.66. The lowest BCUT2D eigenvalue weighted by Crippen LogP contribution is -2.26. The van der Waals surface area contributed by atoms with Gasteiger partial charge in [0.1, 0.15) is 11.5 Å². The summed E-state index contributed by atoms with van der Waals surface area (Å²) in [5.74, 6) is -0.756. The number of rotatable bonds is 4. The summed E-state index contributed by atoms with van der Waals surface area (Å²) in [5, 5.41) is 6.86. The fourth-order valence-corrected chi connectivity index (χ4v) is 2.36. The van der Waals surface area contributed by atoms with Crippen LogP contribution < -0.4 is 10.9 Å². The number of hydrogen-bond donors (Lipinski definition) is 1. The number of amides is 1. The van der Waals surface area contributed by atoms with E-state index in [0.717, 1.165) is 5.56 Å². The highest BCUT2D eigenvalue weighted by molar-refractivity contribution is 6.02. The minimum atomic E-state index is -0.404. The fraction of sp³-hybridized carbons (Fsp3) is 0.105. The molecule has 0 unspecified atom stereocenters. The zero-order valence-corrected chi connectivity index (χ0v) is 13.6. The Morgan fingerprint density at radius 2 is 1.88 bits per heavy atom. The molecule has 0 aliphatic carbocycles. The van der Waals surface area contributed by atoms with Crippen molar-refractivity contribution in [1.82, 2.24) is 9.78 Å². The zero-order valence-electron chi connectivity index (χ0n) is 13.6. The van der Waals surface area contributed by atoms with Crippen LogP contribution in [0.3, 0.4) is 0 Å². The molecule has 5 nitrogen and oxygen atoms in total. The molecule has 0 aliphatic heterocycles. The van der Waals surface area contributed by atoms with Crippen molar-refractivity contribution in [3.8, 4) is 0 Å². The lowest BCUT2D eigenvalue weighted by atomic mass is 10.2. The molecule has 2 aromatic carbocycles. The normalized spacial score (nSPS) is 10.5. The van der Waals surface area contributed by atoms with Gasteiger partial charge >= 0.3 is 0 Å². The maximum atomic E-state index is 13.0. The van der Waals surface area contributed by atoms with Gasteiger partial charge in [-0.2, -0.15) is 5.10 Å². The smallest absolute Gasteiger partial charge is 0.276 e. The van der Waals surface area contributed by atoms with Crippen LogP contribution in [0, 0.1) is 12.7 Å². The van der Waals surface area contributed by atoms with Crippen molar-refractivity contribution in [3.05, 3.63) is 93.7 Å². The Kier molecular flexibility index (Phi) is 4.70. The van der Waals surface area contributed by atoms with Crippen LogP contribution in [0.15, 0.2) is 65.5 Å². The standard InChI is InChI=1S/C19H16FN3O2/c1-13-3-2-4-16(11-13)21-19(25)17-9-10-18(24)23(22-17)12-14-5-7-15(20)8-6-14/h2-11H,12H2,1H3,(H,21,25). The molecular weight excluding hydrogens is 321 g/mol. The van der Waals surface area contributed by atoms with Gasteiger partial charge in [-0.25, -0.2) is 9.07 Å². The van der Waals surface area contributed by atoms with E-state index in [9.17, 15) is 14.0 Å². The number of hydrogen-bond acceptors (Lipinski definition) is 3. The number of aromatic nitrogens is 2. The van der Waals surface area contributed by atoms with Crippen LogP contribution in [0.2, 0.25) is 0 Å². The van der Waals surface area contributed by atoms with Gasteiger partial charge in [-0.1, -0.05) is 24.3 Å². The number of halogens is 1. The van der Waals surface area contributed by atoms with Gasteiger partial charge < -0.3 is 5.32 Å². The third-order valence-corrected chi connectivity index (χ3v) is 3.62. The van der Waals surface area contributed by atoms with Crippen molar-refractivity contribution >= 4 is 11.6 Å². The van der Waals surface area contributed by atoms with E-state index >= 15 is 0 Å². The summed E-state index contributed by atoms with van der Waals surface area (Å²) in [5.41, 5.74) is 2.18. The predicted molar refractivity (Wildman–Crippen MR) is 93.1 cm³/mol. The summed E-state index contributed by atoms with van der Waals surface area (Å²) in [6, 6.07) is 15.8. The highest BCUT2D eigenvalue weighted by atomic mass is 19.1. The Balaban J connectivity index is 1.82. The third kappa shape index (κ3) is 4.17. The van der Waals surface area contributed by atoms with E-state index < -0.39 is 5.91 Å². The molecule has 0 radical (unpaired) electrons. The topological polar surface area (TPSA) is 64.0 Å². The molecule has 0 bridgehead atoms. The number of nitrogens with one attached hydrogen (secondary N) is 1. The van der Waals surface area contributed by atoms with Gasteiger partial charge in [0, 0.05) is 11.8 Å². The van der Waals surface area contributed by atoms with Gasteiger partial charge in [0.2, 0.25) is 0 Å². The minimum absolute atomic E-state index is 0.128. The average molecular weight is 337 g/mol. The fourth-order valence-electron chi connectivity index (χ4n) is 2.36. The predicted octanol–water partition coefficient (Wildman–Crippen LogP) is 2.99. The first kappa shape index (κ1) is 16.6. The highest BCUT2D eigenvalue weighted by Gasteiger charge is 2.10. The summed E-state index contributed by atoms with van der Waals surface area (Å²) in [6.07, 6.45) is 0. The van der Waals surface area contributed by atoms with Crippen LogP contribution in [-0.2, 0) is 6.54 Å². The molecule has 6 heteroatoms. The molecule has 25 heavy (non-hydrogen) atoms. The van der Waals surface area contributed by atoms with E-state index in [1.54, 1.807) is 18.2 Å². The van der Waals surface area contributed by atoms with Crippen molar-refractivity contribution in [2.45, 2.75) is 13.5 Å². The molecular formula is C19H16FN3O2. The van der Waals surface area contributed by atoms with Crippen LogP contribution in [0.5, 0.6) is 0 Å². The number of carbonyl (C=O) groups excluding carboxylic acids is 1. The number of benzene rings is 2. The number of nitrogens with zero attached hydrogens (tertiary/aromatic N) is 2. The molecule has 126 valence electrons. The first-order chi connectivity index (χ1) is 12.0. The van der Waals surface area contributed by atoms with Gasteiger partial charge in [0.15, 0.2) is 0 Å². The molecule has 1 N–H and O–H groups in total. The molecule has 0 saturated carbocycles. The lowest BCUT2D eigenvalue weighted by molar-refractivity contribution is 0.102. The van der Waals surface area contributed by atoms with Gasteiger partial charge in [0.25, 0.3) is 11.5 Å². The van der Waals surface area contributed by atoms with Crippen LogP contribution in [0.4, 0.5) is 10.1 Å². The molecule has 3 aromatic rings. The Morgan fingerprint density at radius 3 is 2.60 bits per heavy atom. The van der Waals surface area contributed by atoms with E-state index in [1.165, 1.54) is 28.9 Å². The Bertz CT molecular complexity index is 965. The largest absolute Gasteiger partial charge is 0.321 e. The van der Waals surface area contributed by atoms with Crippen LogP contribution in [-0.4, -0.2) is 15.7 Å².